The molecule has 262 valence electrons. The van der Waals surface area contributed by atoms with E-state index < -0.39 is 0 Å². The molecule has 6 heteroatoms. The van der Waals surface area contributed by atoms with Gasteiger partial charge in [-0.15, -0.1) is 35.7 Å². The quantitative estimate of drug-likeness (QED) is 0.143. The van der Waals surface area contributed by atoms with Crippen LogP contribution in [0.15, 0.2) is 97.2 Å². The molecule has 0 unspecified atom stereocenters. The summed E-state index contributed by atoms with van der Waals surface area (Å²) in [5.41, 5.74) is 9.91. The van der Waals surface area contributed by atoms with Gasteiger partial charge in [0.05, 0.1) is 11.4 Å². The van der Waals surface area contributed by atoms with Crippen molar-refractivity contribution < 1.29 is 25.8 Å². The first-order chi connectivity index (χ1) is 23.9. The van der Waals surface area contributed by atoms with Crippen LogP contribution in [0, 0.1) is 19.1 Å². The van der Waals surface area contributed by atoms with E-state index in [4.69, 9.17) is 14.8 Å². The van der Waals surface area contributed by atoms with Crippen molar-refractivity contribution >= 4 is 21.8 Å². The number of para-hydroxylation sites is 1. The standard InChI is InChI=1S/C45H46N4O.Pt/c1-10-45(8,9)43-41(31-18-20-32(21-19-31)44(5,6)7)42(29(2)3)47-49(43)33-14-13-15-34(27-33)50-35-22-23-37-36-16-11-12-17-38(36)48(39(37)28-35)40-26-30(4)24-25-46-40;/h11-26,29H,10H2,1-9H3;/q-2;+2. The molecule has 3 aromatic heterocycles. The molecule has 7 rings (SSSR count). The van der Waals surface area contributed by atoms with E-state index in [1.165, 1.54) is 22.4 Å². The maximum atomic E-state index is 6.54. The molecule has 0 aliphatic heterocycles. The van der Waals surface area contributed by atoms with Gasteiger partial charge in [0.25, 0.3) is 0 Å². The molecule has 0 radical (unpaired) electrons. The van der Waals surface area contributed by atoms with Crippen molar-refractivity contribution in [1.82, 2.24) is 19.3 Å². The second-order valence-electron chi connectivity index (χ2n) is 15.4. The van der Waals surface area contributed by atoms with Crippen molar-refractivity contribution in [3.63, 3.8) is 0 Å². The molecule has 0 N–H and O–H groups in total. The summed E-state index contributed by atoms with van der Waals surface area (Å²) in [6, 6.07) is 38.9. The maximum absolute atomic E-state index is 6.54. The molecule has 0 spiro atoms. The first-order valence-electron chi connectivity index (χ1n) is 17.7. The van der Waals surface area contributed by atoms with E-state index in [-0.39, 0.29) is 37.8 Å². The van der Waals surface area contributed by atoms with E-state index in [1.807, 2.05) is 30.5 Å². The van der Waals surface area contributed by atoms with Gasteiger partial charge < -0.3 is 9.30 Å². The zero-order valence-corrected chi connectivity index (χ0v) is 33.3. The van der Waals surface area contributed by atoms with Gasteiger partial charge in [-0.05, 0) is 70.6 Å². The van der Waals surface area contributed by atoms with E-state index in [2.05, 4.69) is 150 Å². The number of hydrogen-bond donors (Lipinski definition) is 0. The van der Waals surface area contributed by atoms with Gasteiger partial charge >= 0.3 is 21.1 Å². The zero-order valence-electron chi connectivity index (χ0n) is 31.0. The van der Waals surface area contributed by atoms with Crippen LogP contribution in [0.4, 0.5) is 0 Å². The normalized spacial score (nSPS) is 12.1. The Balaban J connectivity index is 0.00000448. The van der Waals surface area contributed by atoms with Crippen LogP contribution in [-0.4, -0.2) is 19.3 Å². The molecule has 0 amide bonds. The Bertz CT molecular complexity index is 2340. The third-order valence-electron chi connectivity index (χ3n) is 9.91. The summed E-state index contributed by atoms with van der Waals surface area (Å²) in [4.78, 5) is 4.72. The van der Waals surface area contributed by atoms with Crippen LogP contribution < -0.4 is 4.74 Å². The average Bonchev–Trinajstić information content (AvgIpc) is 3.66. The number of ether oxygens (including phenoxy) is 1. The molecule has 0 aliphatic carbocycles. The summed E-state index contributed by atoms with van der Waals surface area (Å²) in [7, 11) is 0. The number of fused-ring (bicyclic) bond motifs is 3. The van der Waals surface area contributed by atoms with Gasteiger partial charge in [0.15, 0.2) is 0 Å². The van der Waals surface area contributed by atoms with Gasteiger partial charge in [0, 0.05) is 34.2 Å². The summed E-state index contributed by atoms with van der Waals surface area (Å²) >= 11 is 0. The average molecular weight is 854 g/mol. The van der Waals surface area contributed by atoms with E-state index >= 15 is 0 Å². The van der Waals surface area contributed by atoms with Gasteiger partial charge in [-0.25, -0.2) is 4.98 Å². The minimum absolute atomic E-state index is 0. The molecule has 5 nitrogen and oxygen atoms in total. The van der Waals surface area contributed by atoms with Crippen LogP contribution >= 0.6 is 0 Å². The molecule has 4 aromatic carbocycles. The molecule has 7 aromatic rings. The number of rotatable bonds is 8. The molecular weight excluding hydrogens is 808 g/mol. The third kappa shape index (κ3) is 6.81. The van der Waals surface area contributed by atoms with E-state index in [0.717, 1.165) is 51.0 Å². The van der Waals surface area contributed by atoms with E-state index in [9.17, 15) is 0 Å². The number of aromatic nitrogens is 4. The van der Waals surface area contributed by atoms with Gasteiger partial charge in [0.1, 0.15) is 5.82 Å². The molecule has 0 saturated heterocycles. The Morgan fingerprint density at radius 3 is 2.22 bits per heavy atom. The Labute approximate surface area is 317 Å². The van der Waals surface area contributed by atoms with Crippen LogP contribution in [0.1, 0.15) is 90.2 Å². The molecular formula is C45H46N4OPt. The van der Waals surface area contributed by atoms with Gasteiger partial charge in [-0.1, -0.05) is 103 Å². The van der Waals surface area contributed by atoms with Crippen LogP contribution in [-0.2, 0) is 31.9 Å². The number of nitrogens with zero attached hydrogens (tertiary/aromatic N) is 4. The minimum Gasteiger partial charge on any atom is -0.509 e. The van der Waals surface area contributed by atoms with Crippen molar-refractivity contribution in [3.05, 3.63) is 132 Å². The van der Waals surface area contributed by atoms with Crippen molar-refractivity contribution in [2.75, 3.05) is 0 Å². The summed E-state index contributed by atoms with van der Waals surface area (Å²) < 4.78 is 10.8. The number of pyridine rings is 1. The molecule has 3 heterocycles. The Morgan fingerprint density at radius 1 is 0.804 bits per heavy atom. The fourth-order valence-electron chi connectivity index (χ4n) is 6.78. The molecule has 51 heavy (non-hydrogen) atoms. The van der Waals surface area contributed by atoms with Crippen LogP contribution in [0.3, 0.4) is 0 Å². The summed E-state index contributed by atoms with van der Waals surface area (Å²) in [5.74, 6) is 2.30. The van der Waals surface area contributed by atoms with Gasteiger partial charge in [-0.3, -0.25) is 4.68 Å². The largest absolute Gasteiger partial charge is 2.00 e. The van der Waals surface area contributed by atoms with Crippen molar-refractivity contribution in [2.24, 2.45) is 0 Å². The molecule has 0 fully saturated rings. The fraction of sp³-hybridized carbons (Fsp3) is 0.289. The van der Waals surface area contributed by atoms with Crippen LogP contribution in [0.2, 0.25) is 0 Å². The van der Waals surface area contributed by atoms with Crippen molar-refractivity contribution in [3.8, 4) is 34.1 Å². The first kappa shape index (κ1) is 36.3. The summed E-state index contributed by atoms with van der Waals surface area (Å²) in [5, 5.41) is 7.57. The summed E-state index contributed by atoms with van der Waals surface area (Å²) in [6.07, 6.45) is 2.81. The number of hydrogen-bond acceptors (Lipinski definition) is 3. The number of benzene rings is 4. The van der Waals surface area contributed by atoms with Crippen molar-refractivity contribution in [1.29, 1.82) is 0 Å². The second kappa shape index (κ2) is 13.9. The Morgan fingerprint density at radius 2 is 1.53 bits per heavy atom. The minimum atomic E-state index is -0.154. The molecule has 0 saturated carbocycles. The number of aryl methyl sites for hydroxylation is 1. The molecule has 0 atom stereocenters. The SMILES string of the molecule is CCC(C)(C)c1c(-c2ccc(C(C)(C)C)cc2)c(C(C)C)nn1-c1[c-]c(Oc2[c-]c3c(cc2)c2ccccc2n3-c2cc(C)ccn2)ccc1.[Pt+2]. The molecule has 0 bridgehead atoms. The Kier molecular flexibility index (Phi) is 9.91. The van der Waals surface area contributed by atoms with E-state index in [0.29, 0.717) is 11.5 Å². The monoisotopic (exact) mass is 853 g/mol. The predicted molar refractivity (Wildman–Crippen MR) is 206 cm³/mol. The van der Waals surface area contributed by atoms with Crippen molar-refractivity contribution in [2.45, 2.75) is 85.5 Å². The fourth-order valence-corrected chi connectivity index (χ4v) is 6.78. The maximum Gasteiger partial charge on any atom is 2.00 e. The second-order valence-corrected chi connectivity index (χ2v) is 15.4. The zero-order chi connectivity index (χ0) is 35.4. The topological polar surface area (TPSA) is 44.9 Å². The predicted octanol–water partition coefficient (Wildman–Crippen LogP) is 11.8. The van der Waals surface area contributed by atoms with E-state index in [1.54, 1.807) is 0 Å². The first-order valence-corrected chi connectivity index (χ1v) is 17.7. The summed E-state index contributed by atoms with van der Waals surface area (Å²) in [6.45, 7) is 20.2. The van der Waals surface area contributed by atoms with Crippen LogP contribution in [0.5, 0.6) is 11.5 Å². The van der Waals surface area contributed by atoms with Crippen LogP contribution in [0.25, 0.3) is 44.4 Å². The third-order valence-corrected chi connectivity index (χ3v) is 9.91. The molecule has 0 aliphatic rings. The Hall–Kier alpha value is -4.47. The van der Waals surface area contributed by atoms with Gasteiger partial charge in [0.2, 0.25) is 0 Å². The smallest absolute Gasteiger partial charge is 0.509 e. The van der Waals surface area contributed by atoms with Gasteiger partial charge in [-0.2, -0.15) is 17.2 Å².